The zero-order valence-electron chi connectivity index (χ0n) is 29.1. The lowest BCUT2D eigenvalue weighted by molar-refractivity contribution is -0.127. The molecule has 3 amide bonds. The van der Waals surface area contributed by atoms with E-state index in [0.29, 0.717) is 17.9 Å². The summed E-state index contributed by atoms with van der Waals surface area (Å²) in [7, 11) is -0.988. The predicted octanol–water partition coefficient (Wildman–Crippen LogP) is 2.96. The minimum atomic E-state index is -4.09. The number of aliphatic hydroxyl groups excluding tert-OH is 2. The molecule has 1 heterocycles. The lowest BCUT2D eigenvalue weighted by atomic mass is 9.99. The number of ether oxygens (including phenoxy) is 1. The van der Waals surface area contributed by atoms with E-state index < -0.39 is 46.3 Å². The highest BCUT2D eigenvalue weighted by atomic mass is 32.2. The van der Waals surface area contributed by atoms with Crippen LogP contribution in [-0.4, -0.2) is 108 Å². The van der Waals surface area contributed by atoms with Gasteiger partial charge in [-0.2, -0.15) is 4.31 Å². The number of aliphatic hydroxyl groups is 2. The summed E-state index contributed by atoms with van der Waals surface area (Å²) in [5, 5.41) is 42.2. The van der Waals surface area contributed by atoms with E-state index in [1.807, 2.05) is 35.7 Å². The Labute approximate surface area is 303 Å². The second-order valence-corrected chi connectivity index (χ2v) is 15.7. The van der Waals surface area contributed by atoms with Crippen molar-refractivity contribution in [3.63, 3.8) is 0 Å². The highest BCUT2D eigenvalue weighted by Gasteiger charge is 2.35. The van der Waals surface area contributed by atoms with Crippen LogP contribution >= 0.6 is 11.3 Å². The van der Waals surface area contributed by atoms with Gasteiger partial charge in [-0.15, -0.1) is 11.3 Å². The maximum atomic E-state index is 14.0. The minimum Gasteiger partial charge on any atom is -0.411 e. The molecule has 1 fully saturated rings. The van der Waals surface area contributed by atoms with E-state index in [9.17, 15) is 28.2 Å². The Kier molecular flexibility index (Phi) is 14.9. The summed E-state index contributed by atoms with van der Waals surface area (Å²) in [5.74, 6) is -0.633. The van der Waals surface area contributed by atoms with Gasteiger partial charge in [0.25, 0.3) is 0 Å². The summed E-state index contributed by atoms with van der Waals surface area (Å²) in [4.78, 5) is 32.7. The molecule has 0 aliphatic heterocycles. The first kappa shape index (κ1) is 39.8. The van der Waals surface area contributed by atoms with Gasteiger partial charge in [-0.25, -0.2) is 18.2 Å². The predicted molar refractivity (Wildman–Crippen MR) is 193 cm³/mol. The number of aromatic nitrogens is 1. The minimum absolute atomic E-state index is 0.0139. The van der Waals surface area contributed by atoms with Gasteiger partial charge in [0.15, 0.2) is 0 Å². The number of benzene rings is 2. The molecule has 1 aliphatic rings. The zero-order chi connectivity index (χ0) is 37.0. The SMILES string of the molecule is COCc1nc(CN(C)C(=O)N[C@H](C(=O)N[C@@H](Cc2ccccc2)[C@@H](O)CN(CC2CCCC2)S(=O)(=O)c2ccc(C=NO)cc2)[C@@H](C)O)cs1. The number of thiazole rings is 1. The fraction of sp³-hybridized carbons (Fsp3) is 0.486. The second kappa shape index (κ2) is 19.1. The number of hydrogen-bond acceptors (Lipinski definition) is 11. The molecular formula is C35H48N6O8S2. The molecular weight excluding hydrogens is 697 g/mol. The molecule has 51 heavy (non-hydrogen) atoms. The van der Waals surface area contributed by atoms with Crippen molar-refractivity contribution in [2.75, 3.05) is 27.2 Å². The maximum Gasteiger partial charge on any atom is 0.318 e. The molecule has 278 valence electrons. The number of nitrogens with zero attached hydrogens (tertiary/aromatic N) is 4. The summed E-state index contributed by atoms with van der Waals surface area (Å²) in [5.41, 5.74) is 1.93. The van der Waals surface area contributed by atoms with E-state index in [1.54, 1.807) is 7.11 Å². The molecule has 0 saturated heterocycles. The third-order valence-electron chi connectivity index (χ3n) is 8.80. The summed E-state index contributed by atoms with van der Waals surface area (Å²) in [6.45, 7) is 1.75. The van der Waals surface area contributed by atoms with Crippen LogP contribution in [0.15, 0.2) is 70.0 Å². The third kappa shape index (κ3) is 11.5. The number of oxime groups is 1. The quantitative estimate of drug-likeness (QED) is 0.0740. The van der Waals surface area contributed by atoms with Crippen molar-refractivity contribution in [1.29, 1.82) is 0 Å². The highest BCUT2D eigenvalue weighted by Crippen LogP contribution is 2.28. The van der Waals surface area contributed by atoms with Gasteiger partial charge < -0.3 is 35.7 Å². The molecule has 0 radical (unpaired) electrons. The Morgan fingerprint density at radius 2 is 1.78 bits per heavy atom. The second-order valence-electron chi connectivity index (χ2n) is 12.8. The van der Waals surface area contributed by atoms with E-state index in [1.165, 1.54) is 65.0 Å². The molecule has 1 aromatic heterocycles. The number of sulfonamides is 1. The normalized spacial score (nSPS) is 16.2. The average molecular weight is 745 g/mol. The number of rotatable bonds is 18. The van der Waals surface area contributed by atoms with Crippen LogP contribution in [0.5, 0.6) is 0 Å². The van der Waals surface area contributed by atoms with E-state index in [0.717, 1.165) is 36.3 Å². The Morgan fingerprint density at radius 1 is 1.10 bits per heavy atom. The van der Waals surface area contributed by atoms with Gasteiger partial charge in [0, 0.05) is 32.6 Å². The van der Waals surface area contributed by atoms with Crippen molar-refractivity contribution in [2.24, 2.45) is 11.1 Å². The molecule has 0 bridgehead atoms. The fourth-order valence-electron chi connectivity index (χ4n) is 6.03. The average Bonchev–Trinajstić information content (AvgIpc) is 3.79. The van der Waals surface area contributed by atoms with Crippen LogP contribution < -0.4 is 10.6 Å². The molecule has 4 rings (SSSR count). The van der Waals surface area contributed by atoms with E-state index in [4.69, 9.17) is 9.94 Å². The standard InChI is InChI=1S/C35H48N6O8S2/c1-24(42)33(39-35(45)40(2)20-28-23-50-32(37-28)22-49-3)34(44)38-30(17-25-9-5-4-6-10-25)31(43)21-41(19-27-11-7-8-12-27)51(47,48)29-15-13-26(14-16-29)18-36-46/h4-6,9-10,13-16,18,23-24,27,30-31,33,42-43,46H,7-8,11-12,17,19-22H2,1-3H3,(H,38,44)(H,39,45)/t24-,30+,31+,33+/m1/s1. The van der Waals surface area contributed by atoms with Crippen LogP contribution in [0, 0.1) is 5.92 Å². The molecule has 0 unspecified atom stereocenters. The molecule has 0 spiro atoms. The molecule has 14 nitrogen and oxygen atoms in total. The van der Waals surface area contributed by atoms with Gasteiger partial charge in [0.2, 0.25) is 15.9 Å². The zero-order valence-corrected chi connectivity index (χ0v) is 30.7. The summed E-state index contributed by atoms with van der Waals surface area (Å²) < 4.78 is 34.4. The molecule has 16 heteroatoms. The van der Waals surface area contributed by atoms with E-state index >= 15 is 0 Å². The summed E-state index contributed by atoms with van der Waals surface area (Å²) in [6.07, 6.45) is 2.36. The van der Waals surface area contributed by atoms with Gasteiger partial charge in [-0.05, 0) is 55.4 Å². The first-order valence-corrected chi connectivity index (χ1v) is 19.1. The van der Waals surface area contributed by atoms with Gasteiger partial charge >= 0.3 is 6.03 Å². The molecule has 3 aromatic rings. The number of nitrogens with one attached hydrogen (secondary N) is 2. The first-order valence-electron chi connectivity index (χ1n) is 16.8. The topological polar surface area (TPSA) is 194 Å². The van der Waals surface area contributed by atoms with Crippen molar-refractivity contribution in [2.45, 2.75) is 81.4 Å². The van der Waals surface area contributed by atoms with Crippen LogP contribution in [0.3, 0.4) is 0 Å². The lowest BCUT2D eigenvalue weighted by Gasteiger charge is -2.32. The summed E-state index contributed by atoms with van der Waals surface area (Å²) >= 11 is 1.40. The monoisotopic (exact) mass is 744 g/mol. The highest BCUT2D eigenvalue weighted by molar-refractivity contribution is 7.89. The third-order valence-corrected chi connectivity index (χ3v) is 11.5. The van der Waals surface area contributed by atoms with Gasteiger partial charge in [0.1, 0.15) is 11.0 Å². The largest absolute Gasteiger partial charge is 0.411 e. The van der Waals surface area contributed by atoms with Crippen LogP contribution in [0.4, 0.5) is 4.79 Å². The number of carbonyl (C=O) groups is 2. The molecule has 1 aliphatic carbocycles. The van der Waals surface area contributed by atoms with Crippen molar-refractivity contribution >= 4 is 39.5 Å². The van der Waals surface area contributed by atoms with Crippen molar-refractivity contribution in [1.82, 2.24) is 24.8 Å². The van der Waals surface area contributed by atoms with Gasteiger partial charge in [0.05, 0.1) is 48.2 Å². The maximum absolute atomic E-state index is 14.0. The Bertz CT molecular complexity index is 1680. The van der Waals surface area contributed by atoms with Crippen LogP contribution in [-0.2, 0) is 39.1 Å². The molecule has 1 saturated carbocycles. The van der Waals surface area contributed by atoms with E-state index in [2.05, 4.69) is 20.8 Å². The van der Waals surface area contributed by atoms with Crippen LogP contribution in [0.2, 0.25) is 0 Å². The van der Waals surface area contributed by atoms with Gasteiger partial charge in [-0.3, -0.25) is 4.79 Å². The van der Waals surface area contributed by atoms with E-state index in [-0.39, 0.29) is 36.9 Å². The molecule has 5 N–H and O–H groups in total. The Morgan fingerprint density at radius 3 is 2.41 bits per heavy atom. The number of urea groups is 1. The van der Waals surface area contributed by atoms with Crippen molar-refractivity contribution in [3.05, 3.63) is 81.8 Å². The Hall–Kier alpha value is -3.93. The summed E-state index contributed by atoms with van der Waals surface area (Å²) in [6, 6.07) is 12.0. The van der Waals surface area contributed by atoms with Crippen LogP contribution in [0.25, 0.3) is 0 Å². The first-order chi connectivity index (χ1) is 24.4. The smallest absolute Gasteiger partial charge is 0.318 e. The lowest BCUT2D eigenvalue weighted by Crippen LogP contribution is -2.59. The van der Waals surface area contributed by atoms with Crippen molar-refractivity contribution < 1.29 is 38.2 Å². The van der Waals surface area contributed by atoms with Gasteiger partial charge in [-0.1, -0.05) is 60.5 Å². The molecule has 4 atom stereocenters. The fourth-order valence-corrected chi connectivity index (χ4v) is 8.32. The van der Waals surface area contributed by atoms with Crippen LogP contribution in [0.1, 0.15) is 54.4 Å². The number of amides is 3. The number of methoxy groups -OCH3 is 1. The molecule has 2 aromatic carbocycles. The number of hydrogen-bond donors (Lipinski definition) is 5. The van der Waals surface area contributed by atoms with Crippen molar-refractivity contribution in [3.8, 4) is 0 Å². The Balaban J connectivity index is 1.54. The number of carbonyl (C=O) groups excluding carboxylic acids is 2.